The molecule has 15 heavy (non-hydrogen) atoms. The van der Waals surface area contributed by atoms with Crippen molar-refractivity contribution >= 4 is 20.0 Å². The van der Waals surface area contributed by atoms with Crippen molar-refractivity contribution < 1.29 is 23.4 Å². The third-order valence-electron chi connectivity index (χ3n) is 1.43. The first-order chi connectivity index (χ1) is 6.84. The van der Waals surface area contributed by atoms with Crippen molar-refractivity contribution in [2.45, 2.75) is 13.8 Å². The fourth-order valence-electron chi connectivity index (χ4n) is 0.609. The fourth-order valence-corrected chi connectivity index (χ4v) is 1.04. The number of esters is 1. The fraction of sp³-hybridized carbons (Fsp3) is 0.556. The average Bonchev–Trinajstić information content (AvgIpc) is 2.12. The molecule has 0 heterocycles. The van der Waals surface area contributed by atoms with Gasteiger partial charge >= 0.3 is 20.0 Å². The summed E-state index contributed by atoms with van der Waals surface area (Å²) < 4.78 is 19.8. The molecule has 0 N–H and O–H groups in total. The van der Waals surface area contributed by atoms with Gasteiger partial charge in [-0.15, -0.1) is 0 Å². The molecule has 2 unspecified atom stereocenters. The van der Waals surface area contributed by atoms with Crippen LogP contribution in [0, 0.1) is 5.92 Å². The Balaban J connectivity index is 3.98. The van der Waals surface area contributed by atoms with Crippen LogP contribution in [0.1, 0.15) is 13.8 Å². The van der Waals surface area contributed by atoms with E-state index in [1.54, 1.807) is 0 Å². The van der Waals surface area contributed by atoms with Gasteiger partial charge < -0.3 is 4.74 Å². The zero-order valence-electron chi connectivity index (χ0n) is 8.98. The summed E-state index contributed by atoms with van der Waals surface area (Å²) in [4.78, 5) is 22.1. The van der Waals surface area contributed by atoms with Crippen LogP contribution in [0.3, 0.4) is 0 Å². The second-order valence-corrected chi connectivity index (χ2v) is 4.19. The molecule has 6 heteroatoms. The molecule has 0 saturated carbocycles. The van der Waals surface area contributed by atoms with Crippen molar-refractivity contribution in [3.63, 3.8) is 0 Å². The van der Waals surface area contributed by atoms with E-state index in [1.807, 2.05) is 0 Å². The number of carbonyl (C=O) groups is 2. The van der Waals surface area contributed by atoms with Crippen molar-refractivity contribution in [3.8, 4) is 0 Å². The quantitative estimate of drug-likeness (QED) is 0.410. The van der Waals surface area contributed by atoms with Crippen LogP contribution in [-0.2, 0) is 23.4 Å². The zero-order valence-corrected chi connectivity index (χ0v) is 9.87. The summed E-state index contributed by atoms with van der Waals surface area (Å²) in [5.41, 5.74) is 0.261. The van der Waals surface area contributed by atoms with Gasteiger partial charge in [-0.2, -0.15) is 0 Å². The number of hydrogen-bond donors (Lipinski definition) is 0. The lowest BCUT2D eigenvalue weighted by Gasteiger charge is -2.07. The van der Waals surface area contributed by atoms with Crippen LogP contribution < -0.4 is 0 Å². The van der Waals surface area contributed by atoms with Crippen LogP contribution in [0.15, 0.2) is 12.2 Å². The van der Waals surface area contributed by atoms with Gasteiger partial charge in [0.05, 0.1) is 5.92 Å². The highest BCUT2D eigenvalue weighted by Crippen LogP contribution is 2.18. The second-order valence-electron chi connectivity index (χ2n) is 3.13. The summed E-state index contributed by atoms with van der Waals surface area (Å²) in [5.74, 6) is -1.84. The van der Waals surface area contributed by atoms with E-state index in [4.69, 9.17) is 4.74 Å². The number of ether oxygens (including phenoxy) is 1. The highest BCUT2D eigenvalue weighted by molar-refractivity contribution is 7.38. The zero-order chi connectivity index (χ0) is 12.0. The Bertz CT molecular complexity index is 297. The van der Waals surface area contributed by atoms with Gasteiger partial charge in [0.15, 0.2) is 6.66 Å². The first-order valence-electron chi connectivity index (χ1n) is 4.30. The molecule has 0 aliphatic rings. The van der Waals surface area contributed by atoms with Crippen LogP contribution in [0.25, 0.3) is 0 Å². The molecule has 0 aromatic carbocycles. The van der Waals surface area contributed by atoms with Crippen molar-refractivity contribution in [3.05, 3.63) is 12.2 Å². The highest BCUT2D eigenvalue weighted by Gasteiger charge is 2.24. The van der Waals surface area contributed by atoms with Gasteiger partial charge in [-0.3, -0.25) is 0 Å². The van der Waals surface area contributed by atoms with Crippen molar-refractivity contribution in [1.29, 1.82) is 0 Å². The van der Waals surface area contributed by atoms with E-state index in [9.17, 15) is 14.2 Å². The maximum absolute atomic E-state index is 11.1. The molecule has 5 nitrogen and oxygen atoms in total. The molecule has 0 aliphatic carbocycles. The summed E-state index contributed by atoms with van der Waals surface area (Å²) in [6, 6.07) is 0. The minimum Gasteiger partial charge on any atom is -0.461 e. The molecule has 0 rings (SSSR count). The first-order valence-corrected chi connectivity index (χ1v) is 5.92. The monoisotopic (exact) mass is 233 g/mol. The van der Waals surface area contributed by atoms with Crippen molar-refractivity contribution in [1.82, 2.24) is 0 Å². The molecule has 0 amide bonds. The van der Waals surface area contributed by atoms with E-state index in [0.717, 1.165) is 0 Å². The average molecular weight is 233 g/mol. The summed E-state index contributed by atoms with van der Waals surface area (Å²) in [6.45, 7) is 7.59. The molecule has 0 saturated heterocycles. The Morgan fingerprint density at radius 2 is 2.00 bits per heavy atom. The Labute approximate surface area is 89.3 Å². The van der Waals surface area contributed by atoms with Gasteiger partial charge in [0.25, 0.3) is 0 Å². The van der Waals surface area contributed by atoms with E-state index >= 15 is 0 Å². The third-order valence-corrected chi connectivity index (χ3v) is 1.87. The van der Waals surface area contributed by atoms with Crippen LogP contribution in [0.2, 0.25) is 0 Å². The summed E-state index contributed by atoms with van der Waals surface area (Å²) >= 11 is 0. The van der Waals surface area contributed by atoms with Crippen molar-refractivity contribution in [2.75, 3.05) is 13.3 Å². The van der Waals surface area contributed by atoms with E-state index in [1.165, 1.54) is 20.5 Å². The molecule has 0 aromatic heterocycles. The molecular formula is C9H14O5P+. The van der Waals surface area contributed by atoms with Crippen LogP contribution in [0.4, 0.5) is 0 Å². The maximum Gasteiger partial charge on any atom is 0.555 e. The minimum absolute atomic E-state index is 0.103. The molecular weight excluding hydrogens is 219 g/mol. The Kier molecular flexibility index (Phi) is 5.79. The lowest BCUT2D eigenvalue weighted by molar-refractivity contribution is -0.145. The number of carbonyl (C=O) groups excluding carboxylic acids is 2. The van der Waals surface area contributed by atoms with Crippen LogP contribution in [0.5, 0.6) is 0 Å². The maximum atomic E-state index is 11.1. The van der Waals surface area contributed by atoms with Gasteiger partial charge in [0.1, 0.15) is 6.61 Å². The van der Waals surface area contributed by atoms with Gasteiger partial charge in [0.2, 0.25) is 0 Å². The molecule has 0 spiro atoms. The molecule has 0 fully saturated rings. The summed E-state index contributed by atoms with van der Waals surface area (Å²) in [6.07, 6.45) is 0. The van der Waals surface area contributed by atoms with E-state index in [0.29, 0.717) is 0 Å². The normalized spacial score (nSPS) is 12.6. The second kappa shape index (κ2) is 6.30. The lowest BCUT2D eigenvalue weighted by atomic mass is 10.2. The first kappa shape index (κ1) is 13.8. The predicted octanol–water partition coefficient (Wildman–Crippen LogP) is 1.66. The predicted molar refractivity (Wildman–Crippen MR) is 54.6 cm³/mol. The SMILES string of the molecule is C=C(C)C(=O)OCC(C)C(=O)O[P+](C)=O. The highest BCUT2D eigenvalue weighted by atomic mass is 31.1. The van der Waals surface area contributed by atoms with Gasteiger partial charge in [-0.1, -0.05) is 6.58 Å². The van der Waals surface area contributed by atoms with Gasteiger partial charge in [-0.25, -0.2) is 14.1 Å². The molecule has 2 atom stereocenters. The van der Waals surface area contributed by atoms with Crippen molar-refractivity contribution in [2.24, 2.45) is 5.92 Å². The summed E-state index contributed by atoms with van der Waals surface area (Å²) in [7, 11) is -1.97. The molecule has 84 valence electrons. The number of rotatable bonds is 5. The largest absolute Gasteiger partial charge is 0.555 e. The molecule has 0 aromatic rings. The Morgan fingerprint density at radius 1 is 1.47 bits per heavy atom. The molecule has 0 radical (unpaired) electrons. The number of hydrogen-bond acceptors (Lipinski definition) is 5. The minimum atomic E-state index is -1.97. The molecule has 0 bridgehead atoms. The molecule has 0 aliphatic heterocycles. The van der Waals surface area contributed by atoms with Gasteiger partial charge in [0, 0.05) is 5.57 Å². The van der Waals surface area contributed by atoms with Crippen LogP contribution >= 0.6 is 8.03 Å². The van der Waals surface area contributed by atoms with E-state index in [-0.39, 0.29) is 12.2 Å². The lowest BCUT2D eigenvalue weighted by Crippen LogP contribution is -2.20. The smallest absolute Gasteiger partial charge is 0.461 e. The van der Waals surface area contributed by atoms with Gasteiger partial charge in [-0.05, 0) is 18.4 Å². The topological polar surface area (TPSA) is 69.7 Å². The van der Waals surface area contributed by atoms with Crippen LogP contribution in [-0.4, -0.2) is 25.2 Å². The standard InChI is InChI=1S/C9H14O5P/c1-6(2)8(10)13-5-7(3)9(11)14-15(4)12/h7H,1,5H2,2-4H3/q+1. The Hall–Kier alpha value is -1.22. The van der Waals surface area contributed by atoms with E-state index in [2.05, 4.69) is 11.1 Å². The third kappa shape index (κ3) is 5.96. The van der Waals surface area contributed by atoms with E-state index < -0.39 is 25.9 Å². The Morgan fingerprint density at radius 3 is 2.40 bits per heavy atom. The summed E-state index contributed by atoms with van der Waals surface area (Å²) in [5, 5.41) is 0.